The lowest BCUT2D eigenvalue weighted by Crippen LogP contribution is -2.42. The molecule has 0 fully saturated rings. The van der Waals surface area contributed by atoms with Crippen molar-refractivity contribution in [3.63, 3.8) is 0 Å². The highest BCUT2D eigenvalue weighted by Crippen LogP contribution is 2.22. The summed E-state index contributed by atoms with van der Waals surface area (Å²) in [5.74, 6) is -1.34. The van der Waals surface area contributed by atoms with Gasteiger partial charge in [-0.25, -0.2) is 4.79 Å². The Kier molecular flexibility index (Phi) is 6.98. The summed E-state index contributed by atoms with van der Waals surface area (Å²) in [6.07, 6.45) is 0.368. The molecule has 0 radical (unpaired) electrons. The van der Waals surface area contributed by atoms with Crippen LogP contribution in [0.25, 0.3) is 0 Å². The van der Waals surface area contributed by atoms with Crippen molar-refractivity contribution in [2.45, 2.75) is 32.7 Å². The fraction of sp³-hybridized carbons (Fsp3) is 0.467. The zero-order chi connectivity index (χ0) is 17.4. The zero-order valence-electron chi connectivity index (χ0n) is 13.1. The second kappa shape index (κ2) is 8.72. The molecule has 1 aromatic carbocycles. The molecule has 3 N–H and O–H groups in total. The van der Waals surface area contributed by atoms with Gasteiger partial charge in [0.2, 0.25) is 5.91 Å². The second-order valence-corrected chi connectivity index (χ2v) is 5.54. The minimum Gasteiger partial charge on any atom is -0.480 e. The molecule has 0 unspecified atom stereocenters. The van der Waals surface area contributed by atoms with E-state index in [0.29, 0.717) is 12.1 Å². The van der Waals surface area contributed by atoms with Crippen LogP contribution in [0.5, 0.6) is 0 Å². The van der Waals surface area contributed by atoms with E-state index in [0.717, 1.165) is 0 Å². The topological polar surface area (TPSA) is 122 Å². The average molecular weight is 323 g/mol. The van der Waals surface area contributed by atoms with Gasteiger partial charge in [0.15, 0.2) is 0 Å². The molecule has 0 aliphatic heterocycles. The van der Waals surface area contributed by atoms with Crippen LogP contribution in [-0.2, 0) is 9.59 Å². The molecule has 1 aromatic rings. The minimum atomic E-state index is -1.07. The van der Waals surface area contributed by atoms with Gasteiger partial charge < -0.3 is 15.7 Å². The summed E-state index contributed by atoms with van der Waals surface area (Å²) in [6.45, 7) is 3.92. The molecule has 0 saturated carbocycles. The lowest BCUT2D eigenvalue weighted by Gasteiger charge is -2.16. The second-order valence-electron chi connectivity index (χ2n) is 5.54. The minimum absolute atomic E-state index is 0.0217. The average Bonchev–Trinajstić information content (AvgIpc) is 2.46. The third kappa shape index (κ3) is 6.33. The normalized spacial score (nSPS) is 11.8. The predicted molar refractivity (Wildman–Crippen MR) is 85.2 cm³/mol. The van der Waals surface area contributed by atoms with Gasteiger partial charge in [-0.1, -0.05) is 26.0 Å². The van der Waals surface area contributed by atoms with Crippen LogP contribution in [0.4, 0.5) is 11.4 Å². The number of carbonyl (C=O) groups is 2. The highest BCUT2D eigenvalue weighted by atomic mass is 16.6. The van der Waals surface area contributed by atoms with Gasteiger partial charge in [0, 0.05) is 19.0 Å². The summed E-state index contributed by atoms with van der Waals surface area (Å²) in [7, 11) is 0. The Hall–Kier alpha value is -2.64. The lowest BCUT2D eigenvalue weighted by molar-refractivity contribution is -0.384. The van der Waals surface area contributed by atoms with Gasteiger partial charge in [-0.3, -0.25) is 14.9 Å². The third-order valence-corrected chi connectivity index (χ3v) is 3.11. The molecule has 23 heavy (non-hydrogen) atoms. The third-order valence-electron chi connectivity index (χ3n) is 3.11. The van der Waals surface area contributed by atoms with E-state index in [1.807, 2.05) is 13.8 Å². The lowest BCUT2D eigenvalue weighted by atomic mass is 10.0. The number of nitro benzene ring substituents is 1. The summed E-state index contributed by atoms with van der Waals surface area (Å²) < 4.78 is 0. The Morgan fingerprint density at radius 3 is 2.52 bits per heavy atom. The number of anilines is 1. The molecule has 0 aliphatic rings. The first-order valence-electron chi connectivity index (χ1n) is 7.30. The molecule has 0 aliphatic carbocycles. The molecule has 8 nitrogen and oxygen atoms in total. The van der Waals surface area contributed by atoms with Crippen LogP contribution < -0.4 is 10.6 Å². The van der Waals surface area contributed by atoms with Crippen molar-refractivity contribution in [2.24, 2.45) is 5.92 Å². The van der Waals surface area contributed by atoms with Gasteiger partial charge in [0.25, 0.3) is 5.69 Å². The van der Waals surface area contributed by atoms with Gasteiger partial charge in [-0.05, 0) is 18.4 Å². The van der Waals surface area contributed by atoms with Crippen molar-refractivity contribution in [1.29, 1.82) is 0 Å². The smallest absolute Gasteiger partial charge is 0.326 e. The number of carbonyl (C=O) groups excluding carboxylic acids is 1. The number of para-hydroxylation sites is 2. The molecular formula is C15H21N3O5. The maximum atomic E-state index is 11.8. The van der Waals surface area contributed by atoms with Crippen molar-refractivity contribution >= 4 is 23.3 Å². The van der Waals surface area contributed by atoms with Crippen LogP contribution in [0, 0.1) is 16.0 Å². The molecule has 0 saturated heterocycles. The number of aliphatic carboxylic acids is 1. The molecule has 1 atom stereocenters. The summed E-state index contributed by atoms with van der Waals surface area (Å²) in [5, 5.41) is 25.2. The van der Waals surface area contributed by atoms with E-state index in [-0.39, 0.29) is 24.6 Å². The number of nitrogens with one attached hydrogen (secondary N) is 2. The Bertz CT molecular complexity index is 574. The zero-order valence-corrected chi connectivity index (χ0v) is 13.1. The van der Waals surface area contributed by atoms with Crippen LogP contribution in [-0.4, -0.2) is 34.5 Å². The van der Waals surface area contributed by atoms with Crippen LogP contribution in [0.1, 0.15) is 26.7 Å². The van der Waals surface area contributed by atoms with Crippen molar-refractivity contribution < 1.29 is 19.6 Å². The molecule has 0 aromatic heterocycles. The number of rotatable bonds is 9. The standard InChI is InChI=1S/C15H21N3O5/c1-10(2)9-12(15(20)21)17-14(19)7-8-16-11-5-3-4-6-13(11)18(22)23/h3-6,10,12,16H,7-9H2,1-2H3,(H,17,19)(H,20,21)/t12-/m1/s1. The fourth-order valence-corrected chi connectivity index (χ4v) is 2.05. The van der Waals surface area contributed by atoms with Crippen LogP contribution in [0.3, 0.4) is 0 Å². The molecule has 0 heterocycles. The van der Waals surface area contributed by atoms with Crippen molar-refractivity contribution in [3.05, 3.63) is 34.4 Å². The quantitative estimate of drug-likeness (QED) is 0.472. The largest absolute Gasteiger partial charge is 0.480 e. The first-order valence-corrected chi connectivity index (χ1v) is 7.30. The number of hydrogen-bond acceptors (Lipinski definition) is 5. The van der Waals surface area contributed by atoms with Crippen molar-refractivity contribution in [2.75, 3.05) is 11.9 Å². The number of carboxylic acid groups (broad SMARTS) is 1. The maximum Gasteiger partial charge on any atom is 0.326 e. The molecule has 8 heteroatoms. The number of amides is 1. The Morgan fingerprint density at radius 1 is 1.30 bits per heavy atom. The van der Waals surface area contributed by atoms with E-state index in [2.05, 4.69) is 10.6 Å². The van der Waals surface area contributed by atoms with E-state index in [9.17, 15) is 19.7 Å². The van der Waals surface area contributed by atoms with Gasteiger partial charge in [0.05, 0.1) is 4.92 Å². The van der Waals surface area contributed by atoms with Crippen LogP contribution in [0.15, 0.2) is 24.3 Å². The van der Waals surface area contributed by atoms with E-state index < -0.39 is 22.8 Å². The van der Waals surface area contributed by atoms with E-state index in [1.54, 1.807) is 18.2 Å². The Morgan fingerprint density at radius 2 is 1.96 bits per heavy atom. The highest BCUT2D eigenvalue weighted by molar-refractivity contribution is 5.83. The van der Waals surface area contributed by atoms with E-state index in [1.165, 1.54) is 6.07 Å². The molecule has 0 bridgehead atoms. The Balaban J connectivity index is 2.51. The number of nitrogens with zero attached hydrogens (tertiary/aromatic N) is 1. The van der Waals surface area contributed by atoms with Crippen molar-refractivity contribution in [3.8, 4) is 0 Å². The van der Waals surface area contributed by atoms with E-state index >= 15 is 0 Å². The maximum absolute atomic E-state index is 11.8. The summed E-state index contributed by atoms with van der Waals surface area (Å²) in [4.78, 5) is 33.2. The number of nitro groups is 1. The summed E-state index contributed by atoms with van der Waals surface area (Å²) in [6, 6.07) is 5.20. The highest BCUT2D eigenvalue weighted by Gasteiger charge is 2.21. The van der Waals surface area contributed by atoms with Gasteiger partial charge in [-0.15, -0.1) is 0 Å². The van der Waals surface area contributed by atoms with Crippen molar-refractivity contribution in [1.82, 2.24) is 5.32 Å². The monoisotopic (exact) mass is 323 g/mol. The van der Waals surface area contributed by atoms with Gasteiger partial charge in [0.1, 0.15) is 11.7 Å². The first kappa shape index (κ1) is 18.4. The van der Waals surface area contributed by atoms with Gasteiger partial charge in [-0.2, -0.15) is 0 Å². The van der Waals surface area contributed by atoms with Crippen LogP contribution in [0.2, 0.25) is 0 Å². The fourth-order valence-electron chi connectivity index (χ4n) is 2.05. The predicted octanol–water partition coefficient (Wildman–Crippen LogP) is 2.01. The SMILES string of the molecule is CC(C)C[C@@H](NC(=O)CCNc1ccccc1[N+](=O)[O-])C(=O)O. The molecule has 1 rings (SSSR count). The molecule has 126 valence electrons. The summed E-state index contributed by atoms with van der Waals surface area (Å²) in [5.41, 5.74) is 0.249. The Labute approximate surface area is 134 Å². The molecule has 0 spiro atoms. The number of benzene rings is 1. The van der Waals surface area contributed by atoms with Crippen LogP contribution >= 0.6 is 0 Å². The molecule has 1 amide bonds. The number of carboxylic acids is 1. The first-order chi connectivity index (χ1) is 10.8. The van der Waals surface area contributed by atoms with E-state index in [4.69, 9.17) is 5.11 Å². The van der Waals surface area contributed by atoms with Gasteiger partial charge >= 0.3 is 5.97 Å². The summed E-state index contributed by atoms with van der Waals surface area (Å²) >= 11 is 0. The molecular weight excluding hydrogens is 302 g/mol. The number of hydrogen-bond donors (Lipinski definition) is 3.